The van der Waals surface area contributed by atoms with Gasteiger partial charge in [0.05, 0.1) is 16.7 Å². The molecule has 3 rings (SSSR count). The Balaban J connectivity index is 2.42. The second kappa shape index (κ2) is 4.90. The number of pyridine rings is 1. The number of aromatic nitrogens is 2. The van der Waals surface area contributed by atoms with Crippen LogP contribution in [0.5, 0.6) is 0 Å². The van der Waals surface area contributed by atoms with Gasteiger partial charge in [0.25, 0.3) is 0 Å². The van der Waals surface area contributed by atoms with Crippen LogP contribution in [0, 0.1) is 25.2 Å². The summed E-state index contributed by atoms with van der Waals surface area (Å²) < 4.78 is 40.0. The van der Waals surface area contributed by atoms with Crippen LogP contribution in [0.15, 0.2) is 0 Å². The fraction of sp³-hybridized carbons (Fsp3) is 0.467. The Morgan fingerprint density at radius 1 is 1.23 bits per heavy atom. The van der Waals surface area contributed by atoms with Crippen molar-refractivity contribution in [3.63, 3.8) is 0 Å². The number of rotatable bonds is 1. The first-order valence-electron chi connectivity index (χ1n) is 7.09. The molecule has 1 fully saturated rings. The van der Waals surface area contributed by atoms with Gasteiger partial charge in [-0.1, -0.05) is 0 Å². The van der Waals surface area contributed by atoms with Gasteiger partial charge in [-0.15, -0.1) is 0 Å². The zero-order chi connectivity index (χ0) is 16.1. The van der Waals surface area contributed by atoms with Crippen molar-refractivity contribution in [3.05, 3.63) is 22.5 Å². The smallest absolute Gasteiger partial charge is 0.369 e. The molecule has 3 heterocycles. The van der Waals surface area contributed by atoms with Gasteiger partial charge in [0.15, 0.2) is 5.69 Å². The molecule has 22 heavy (non-hydrogen) atoms. The number of alkyl halides is 3. The van der Waals surface area contributed by atoms with Crippen LogP contribution in [0.1, 0.15) is 35.4 Å². The lowest BCUT2D eigenvalue weighted by molar-refractivity contribution is -0.141. The Labute approximate surface area is 125 Å². The van der Waals surface area contributed by atoms with Crippen molar-refractivity contribution in [2.24, 2.45) is 0 Å². The molecule has 0 unspecified atom stereocenters. The number of fused-ring (bicyclic) bond motifs is 1. The topological polar surface area (TPSA) is 55.7 Å². The Morgan fingerprint density at radius 3 is 2.41 bits per heavy atom. The van der Waals surface area contributed by atoms with Crippen molar-refractivity contribution in [1.29, 1.82) is 5.26 Å². The molecular weight excluding hydrogens is 293 g/mol. The van der Waals surface area contributed by atoms with Gasteiger partial charge in [-0.3, -0.25) is 0 Å². The molecule has 1 aliphatic heterocycles. The molecule has 1 N–H and O–H groups in total. The highest BCUT2D eigenvalue weighted by atomic mass is 19.4. The summed E-state index contributed by atoms with van der Waals surface area (Å²) in [5.41, 5.74) is 1.15. The summed E-state index contributed by atoms with van der Waals surface area (Å²) in [7, 11) is 0. The standard InChI is InChI=1S/C15H15F3N4/c1-8-9(2)20-12-11(8)21-14(15(16,17)18)10(7-19)13(12)22-5-3-4-6-22/h20H,3-6H2,1-2H3. The van der Waals surface area contributed by atoms with Crippen molar-refractivity contribution in [2.75, 3.05) is 18.0 Å². The van der Waals surface area contributed by atoms with Gasteiger partial charge in [0.2, 0.25) is 0 Å². The molecule has 0 bridgehead atoms. The van der Waals surface area contributed by atoms with Crippen LogP contribution in [0.3, 0.4) is 0 Å². The van der Waals surface area contributed by atoms with Crippen LogP contribution in [-0.4, -0.2) is 23.1 Å². The molecule has 0 radical (unpaired) electrons. The van der Waals surface area contributed by atoms with E-state index >= 15 is 0 Å². The molecule has 2 aromatic rings. The van der Waals surface area contributed by atoms with Crippen LogP contribution >= 0.6 is 0 Å². The van der Waals surface area contributed by atoms with E-state index in [9.17, 15) is 18.4 Å². The van der Waals surface area contributed by atoms with Crippen LogP contribution in [-0.2, 0) is 6.18 Å². The number of aromatic amines is 1. The van der Waals surface area contributed by atoms with E-state index in [1.54, 1.807) is 19.9 Å². The van der Waals surface area contributed by atoms with E-state index in [1.807, 2.05) is 4.90 Å². The maximum absolute atomic E-state index is 13.3. The largest absolute Gasteiger partial charge is 0.434 e. The zero-order valence-electron chi connectivity index (χ0n) is 12.3. The average Bonchev–Trinajstić information content (AvgIpc) is 3.06. The van der Waals surface area contributed by atoms with Crippen molar-refractivity contribution in [1.82, 2.24) is 9.97 Å². The Hall–Kier alpha value is -2.23. The highest BCUT2D eigenvalue weighted by Gasteiger charge is 2.39. The third-order valence-electron chi connectivity index (χ3n) is 4.20. The van der Waals surface area contributed by atoms with Gasteiger partial charge >= 0.3 is 6.18 Å². The predicted octanol–water partition coefficient (Wildman–Crippen LogP) is 3.67. The van der Waals surface area contributed by atoms with E-state index in [4.69, 9.17) is 0 Å². The van der Waals surface area contributed by atoms with E-state index in [0.29, 0.717) is 35.4 Å². The summed E-state index contributed by atoms with van der Waals surface area (Å²) in [6.45, 7) is 4.84. The number of H-pyrrole nitrogens is 1. The third-order valence-corrected chi connectivity index (χ3v) is 4.20. The van der Waals surface area contributed by atoms with Gasteiger partial charge in [-0.05, 0) is 32.3 Å². The number of nitrogens with one attached hydrogen (secondary N) is 1. The molecule has 0 atom stereocenters. The molecule has 1 saturated heterocycles. The number of nitrogens with zero attached hydrogens (tertiary/aromatic N) is 3. The van der Waals surface area contributed by atoms with E-state index in [-0.39, 0.29) is 5.56 Å². The van der Waals surface area contributed by atoms with Gasteiger partial charge in [0, 0.05) is 18.8 Å². The number of hydrogen-bond donors (Lipinski definition) is 1. The summed E-state index contributed by atoms with van der Waals surface area (Å²) in [5.74, 6) is 0. The quantitative estimate of drug-likeness (QED) is 0.874. The van der Waals surface area contributed by atoms with Gasteiger partial charge in [-0.2, -0.15) is 18.4 Å². The maximum atomic E-state index is 13.3. The normalized spacial score (nSPS) is 15.5. The minimum atomic E-state index is -4.65. The molecule has 1 aliphatic rings. The molecule has 116 valence electrons. The van der Waals surface area contributed by atoms with Gasteiger partial charge in [-0.25, -0.2) is 4.98 Å². The van der Waals surface area contributed by atoms with Crippen molar-refractivity contribution >= 4 is 16.7 Å². The van der Waals surface area contributed by atoms with Crippen molar-refractivity contribution in [3.8, 4) is 6.07 Å². The van der Waals surface area contributed by atoms with Crippen molar-refractivity contribution in [2.45, 2.75) is 32.9 Å². The lowest BCUT2D eigenvalue weighted by Crippen LogP contribution is -2.22. The van der Waals surface area contributed by atoms with Gasteiger partial charge < -0.3 is 9.88 Å². The maximum Gasteiger partial charge on any atom is 0.434 e. The lowest BCUT2D eigenvalue weighted by atomic mass is 10.1. The summed E-state index contributed by atoms with van der Waals surface area (Å²) in [6, 6.07) is 1.72. The number of halogens is 3. The van der Waals surface area contributed by atoms with Crippen LogP contribution in [0.25, 0.3) is 11.0 Å². The minimum absolute atomic E-state index is 0.297. The lowest BCUT2D eigenvalue weighted by Gasteiger charge is -2.22. The van der Waals surface area contributed by atoms with E-state index in [2.05, 4.69) is 9.97 Å². The molecule has 0 amide bonds. The van der Waals surface area contributed by atoms with E-state index in [0.717, 1.165) is 18.5 Å². The van der Waals surface area contributed by atoms with Crippen LogP contribution in [0.2, 0.25) is 0 Å². The summed E-state index contributed by atoms with van der Waals surface area (Å²) in [5, 5.41) is 9.33. The predicted molar refractivity (Wildman–Crippen MR) is 76.7 cm³/mol. The van der Waals surface area contributed by atoms with Crippen LogP contribution in [0.4, 0.5) is 18.9 Å². The Morgan fingerprint density at radius 2 is 1.86 bits per heavy atom. The third kappa shape index (κ3) is 2.10. The first kappa shape index (κ1) is 14.7. The minimum Gasteiger partial charge on any atom is -0.369 e. The Bertz CT molecular complexity index is 777. The fourth-order valence-electron chi connectivity index (χ4n) is 2.99. The number of anilines is 1. The van der Waals surface area contributed by atoms with Crippen LogP contribution < -0.4 is 4.90 Å². The summed E-state index contributed by atoms with van der Waals surface area (Å²) in [6.07, 6.45) is -2.82. The number of nitriles is 1. The molecule has 0 spiro atoms. The number of aryl methyl sites for hydroxylation is 2. The molecule has 0 aromatic carbocycles. The monoisotopic (exact) mass is 308 g/mol. The molecule has 0 saturated carbocycles. The molecular formula is C15H15F3N4. The second-order valence-electron chi connectivity index (χ2n) is 5.59. The second-order valence-corrected chi connectivity index (χ2v) is 5.59. The fourth-order valence-corrected chi connectivity index (χ4v) is 2.99. The first-order valence-corrected chi connectivity index (χ1v) is 7.09. The summed E-state index contributed by atoms with van der Waals surface area (Å²) >= 11 is 0. The molecule has 2 aromatic heterocycles. The number of hydrogen-bond acceptors (Lipinski definition) is 3. The molecule has 0 aliphatic carbocycles. The Kier molecular flexibility index (Phi) is 3.28. The van der Waals surface area contributed by atoms with E-state index in [1.165, 1.54) is 0 Å². The highest BCUT2D eigenvalue weighted by molar-refractivity contribution is 5.95. The SMILES string of the molecule is Cc1[nH]c2c(N3CCCC3)c(C#N)c(C(F)(F)F)nc2c1C. The zero-order valence-corrected chi connectivity index (χ0v) is 12.3. The average molecular weight is 308 g/mol. The first-order chi connectivity index (χ1) is 10.3. The highest BCUT2D eigenvalue weighted by Crippen LogP contribution is 2.40. The summed E-state index contributed by atoms with van der Waals surface area (Å²) in [4.78, 5) is 8.72. The van der Waals surface area contributed by atoms with Crippen molar-refractivity contribution < 1.29 is 13.2 Å². The van der Waals surface area contributed by atoms with Gasteiger partial charge in [0.1, 0.15) is 11.6 Å². The molecule has 4 nitrogen and oxygen atoms in total. The molecule has 7 heteroatoms. The van der Waals surface area contributed by atoms with E-state index < -0.39 is 11.9 Å².